The average Bonchev–Trinajstić information content (AvgIpc) is 2.83. The molecule has 0 N–H and O–H groups in total. The molecule has 6 nitrogen and oxygen atoms in total. The molecule has 0 saturated heterocycles. The molecule has 0 atom stereocenters. The predicted octanol–water partition coefficient (Wildman–Crippen LogP) is 2.93. The molecule has 4 aromatic rings. The van der Waals surface area contributed by atoms with Gasteiger partial charge in [-0.3, -0.25) is 20.2 Å². The topological polar surface area (TPSA) is 86.3 Å². The SMILES string of the molecule is Cc1ccccc1[P+](Cc1cc([N+](=O)[O-])cc([N+](=O)[O-])c1)(c1ccccc1C)c1ccccc1C.[Cl-]. The lowest BCUT2D eigenvalue weighted by atomic mass is 10.2. The second-order valence-corrected chi connectivity index (χ2v) is 12.1. The molecular formula is C28H26ClN2O4P. The highest BCUT2D eigenvalue weighted by Gasteiger charge is 2.48. The van der Waals surface area contributed by atoms with E-state index in [0.717, 1.165) is 38.7 Å². The zero-order valence-corrected chi connectivity index (χ0v) is 21.9. The van der Waals surface area contributed by atoms with Crippen molar-refractivity contribution in [2.45, 2.75) is 26.9 Å². The Morgan fingerprint density at radius 3 is 1.25 bits per heavy atom. The number of halogens is 1. The Hall–Kier alpha value is -3.60. The van der Waals surface area contributed by atoms with E-state index in [9.17, 15) is 20.2 Å². The van der Waals surface area contributed by atoms with E-state index in [4.69, 9.17) is 0 Å². The largest absolute Gasteiger partial charge is 1.00 e. The zero-order valence-electron chi connectivity index (χ0n) is 20.2. The molecule has 0 aliphatic carbocycles. The monoisotopic (exact) mass is 520 g/mol. The lowest BCUT2D eigenvalue weighted by Crippen LogP contribution is -3.00. The van der Waals surface area contributed by atoms with Gasteiger partial charge in [-0.15, -0.1) is 0 Å². The molecular weight excluding hydrogens is 495 g/mol. The van der Waals surface area contributed by atoms with E-state index in [1.165, 1.54) is 12.1 Å². The summed E-state index contributed by atoms with van der Waals surface area (Å²) in [6, 6.07) is 28.7. The second kappa shape index (κ2) is 11.0. The fourth-order valence-electron chi connectivity index (χ4n) is 4.85. The standard InChI is InChI=1S/C28H26N2O4P.ClH/c1-20-10-4-7-13-26(20)35(27-14-8-5-11-21(27)2,28-15-9-6-12-22(28)3)19-23-16-24(29(31)32)18-25(17-23)30(33)34;/h4-18H,19H2,1-3H3;1H/q+1;/p-1. The van der Waals surface area contributed by atoms with Crippen molar-refractivity contribution in [3.8, 4) is 0 Å². The zero-order chi connectivity index (χ0) is 25.2. The quantitative estimate of drug-likeness (QED) is 0.213. The summed E-state index contributed by atoms with van der Waals surface area (Å²) in [5, 5.41) is 26.8. The third-order valence-corrected chi connectivity index (χ3v) is 11.2. The Morgan fingerprint density at radius 1 is 0.611 bits per heavy atom. The van der Waals surface area contributed by atoms with Crippen LogP contribution in [0.3, 0.4) is 0 Å². The van der Waals surface area contributed by atoms with Gasteiger partial charge >= 0.3 is 0 Å². The Kier molecular flexibility index (Phi) is 8.24. The van der Waals surface area contributed by atoms with E-state index in [0.29, 0.717) is 11.7 Å². The molecule has 0 aromatic heterocycles. The average molecular weight is 521 g/mol. The van der Waals surface area contributed by atoms with Gasteiger partial charge in [0.05, 0.1) is 22.1 Å². The molecule has 0 radical (unpaired) electrons. The first kappa shape index (κ1) is 27.0. The normalized spacial score (nSPS) is 11.0. The fourth-order valence-corrected chi connectivity index (χ4v) is 9.92. The van der Waals surface area contributed by atoms with Gasteiger partial charge in [-0.25, -0.2) is 0 Å². The molecule has 36 heavy (non-hydrogen) atoms. The molecule has 0 unspecified atom stereocenters. The van der Waals surface area contributed by atoms with Crippen LogP contribution in [0, 0.1) is 41.0 Å². The highest BCUT2D eigenvalue weighted by atomic mass is 35.5. The minimum atomic E-state index is -2.43. The number of nitrogens with zero attached hydrogens (tertiary/aromatic N) is 2. The van der Waals surface area contributed by atoms with Crippen molar-refractivity contribution in [2.75, 3.05) is 0 Å². The molecule has 4 rings (SSSR count). The molecule has 0 spiro atoms. The minimum Gasteiger partial charge on any atom is -1.00 e. The number of nitro groups is 2. The number of benzene rings is 4. The van der Waals surface area contributed by atoms with Gasteiger partial charge in [0.15, 0.2) is 0 Å². The number of aryl methyl sites for hydroxylation is 3. The number of non-ortho nitro benzene ring substituents is 2. The van der Waals surface area contributed by atoms with Gasteiger partial charge in [-0.1, -0.05) is 54.6 Å². The molecule has 0 bridgehead atoms. The van der Waals surface area contributed by atoms with Gasteiger partial charge < -0.3 is 12.4 Å². The second-order valence-electron chi connectivity index (χ2n) is 8.70. The molecule has 0 fully saturated rings. The van der Waals surface area contributed by atoms with Crippen LogP contribution in [-0.2, 0) is 6.16 Å². The fraction of sp³-hybridized carbons (Fsp3) is 0.143. The van der Waals surface area contributed by atoms with Crippen LogP contribution in [0.15, 0.2) is 91.0 Å². The van der Waals surface area contributed by atoms with Crippen LogP contribution in [-0.4, -0.2) is 9.85 Å². The van der Waals surface area contributed by atoms with Crippen LogP contribution < -0.4 is 28.3 Å². The first-order chi connectivity index (χ1) is 16.7. The third-order valence-electron chi connectivity index (χ3n) is 6.38. The predicted molar refractivity (Wildman–Crippen MR) is 143 cm³/mol. The summed E-state index contributed by atoms with van der Waals surface area (Å²) >= 11 is 0. The molecule has 0 amide bonds. The smallest absolute Gasteiger partial charge is 0.276 e. The maximum Gasteiger partial charge on any atom is 0.276 e. The Balaban J connectivity index is 0.00000361. The van der Waals surface area contributed by atoms with Crippen molar-refractivity contribution < 1.29 is 22.3 Å². The molecule has 184 valence electrons. The van der Waals surface area contributed by atoms with Crippen molar-refractivity contribution in [3.05, 3.63) is 133 Å². The number of nitro benzene ring substituents is 2. The molecule has 8 heteroatoms. The van der Waals surface area contributed by atoms with Gasteiger partial charge in [-0.2, -0.15) is 0 Å². The molecule has 0 saturated carbocycles. The van der Waals surface area contributed by atoms with Crippen LogP contribution in [0.2, 0.25) is 0 Å². The summed E-state index contributed by atoms with van der Waals surface area (Å²) in [5.74, 6) is 0. The highest BCUT2D eigenvalue weighted by Crippen LogP contribution is 2.60. The summed E-state index contributed by atoms with van der Waals surface area (Å²) in [7, 11) is -2.43. The van der Waals surface area contributed by atoms with E-state index in [1.54, 1.807) is 0 Å². The first-order valence-corrected chi connectivity index (χ1v) is 13.2. The third kappa shape index (κ3) is 5.01. The van der Waals surface area contributed by atoms with Gasteiger partial charge in [-0.05, 0) is 55.7 Å². The van der Waals surface area contributed by atoms with Crippen LogP contribution in [0.5, 0.6) is 0 Å². The highest BCUT2D eigenvalue weighted by molar-refractivity contribution is 7.95. The maximum atomic E-state index is 11.7. The van der Waals surface area contributed by atoms with Crippen molar-refractivity contribution in [1.29, 1.82) is 0 Å². The molecule has 0 aliphatic heterocycles. The van der Waals surface area contributed by atoms with Gasteiger partial charge in [0.25, 0.3) is 11.4 Å². The van der Waals surface area contributed by atoms with E-state index >= 15 is 0 Å². The van der Waals surface area contributed by atoms with Crippen molar-refractivity contribution in [2.24, 2.45) is 0 Å². The first-order valence-electron chi connectivity index (χ1n) is 11.2. The van der Waals surface area contributed by atoms with E-state index < -0.39 is 17.1 Å². The Labute approximate surface area is 217 Å². The van der Waals surface area contributed by atoms with Gasteiger partial charge in [0.1, 0.15) is 23.2 Å². The van der Waals surface area contributed by atoms with Crippen LogP contribution >= 0.6 is 7.26 Å². The maximum absolute atomic E-state index is 11.7. The van der Waals surface area contributed by atoms with Crippen molar-refractivity contribution >= 4 is 34.6 Å². The number of hydrogen-bond acceptors (Lipinski definition) is 4. The van der Waals surface area contributed by atoms with Gasteiger partial charge in [0, 0.05) is 17.7 Å². The molecule has 4 aromatic carbocycles. The molecule has 0 aliphatic rings. The summed E-state index contributed by atoms with van der Waals surface area (Å²) in [6.45, 7) is 6.24. The van der Waals surface area contributed by atoms with Crippen LogP contribution in [0.1, 0.15) is 22.3 Å². The summed E-state index contributed by atoms with van der Waals surface area (Å²) in [6.07, 6.45) is 0.427. The van der Waals surface area contributed by atoms with E-state index in [-0.39, 0.29) is 23.8 Å². The number of hydrogen-bond donors (Lipinski definition) is 0. The Morgan fingerprint density at radius 2 is 0.944 bits per heavy atom. The summed E-state index contributed by atoms with van der Waals surface area (Å²) < 4.78 is 0. The van der Waals surface area contributed by atoms with Crippen LogP contribution in [0.25, 0.3) is 0 Å². The lowest BCUT2D eigenvalue weighted by Gasteiger charge is -2.31. The van der Waals surface area contributed by atoms with Gasteiger partial charge in [0.2, 0.25) is 0 Å². The summed E-state index contributed by atoms with van der Waals surface area (Å²) in [4.78, 5) is 22.2. The molecule has 0 heterocycles. The van der Waals surface area contributed by atoms with Crippen molar-refractivity contribution in [3.63, 3.8) is 0 Å². The minimum absolute atomic E-state index is 0. The van der Waals surface area contributed by atoms with Crippen LogP contribution in [0.4, 0.5) is 11.4 Å². The number of rotatable bonds is 7. The van der Waals surface area contributed by atoms with Crippen molar-refractivity contribution in [1.82, 2.24) is 0 Å². The summed E-state index contributed by atoms with van der Waals surface area (Å²) in [5.41, 5.74) is 3.39. The Bertz CT molecular complexity index is 1300. The lowest BCUT2D eigenvalue weighted by molar-refractivity contribution is -0.394. The van der Waals surface area contributed by atoms with E-state index in [1.807, 2.05) is 36.4 Å². The van der Waals surface area contributed by atoms with E-state index in [2.05, 4.69) is 57.2 Å².